The molecule has 1 N–H and O–H groups in total. The molecule has 108 valence electrons. The minimum atomic E-state index is -4.15. The molecule has 0 spiro atoms. The molecule has 0 saturated carbocycles. The molecule has 3 nitrogen and oxygen atoms in total. The van der Waals surface area contributed by atoms with Crippen molar-refractivity contribution in [1.82, 2.24) is 15.1 Å². The van der Waals surface area contributed by atoms with Crippen molar-refractivity contribution in [2.75, 3.05) is 7.05 Å². The molecule has 2 rings (SSSR count). The molecule has 0 fully saturated rings. The lowest BCUT2D eigenvalue weighted by molar-refractivity contribution is -0.136. The SMILES string of the molecule is CNC(CCC(F)(F)F)c1ccnn1-c1ccccc1. The van der Waals surface area contributed by atoms with Crippen LogP contribution in [0.5, 0.6) is 0 Å². The van der Waals surface area contributed by atoms with Crippen molar-refractivity contribution in [2.24, 2.45) is 0 Å². The molecule has 1 aromatic heterocycles. The lowest BCUT2D eigenvalue weighted by atomic mass is 10.1. The molecule has 0 aliphatic carbocycles. The van der Waals surface area contributed by atoms with E-state index in [4.69, 9.17) is 0 Å². The molecule has 1 unspecified atom stereocenters. The van der Waals surface area contributed by atoms with Crippen molar-refractivity contribution < 1.29 is 13.2 Å². The number of nitrogens with one attached hydrogen (secondary N) is 1. The van der Waals surface area contributed by atoms with E-state index < -0.39 is 12.6 Å². The molecule has 1 atom stereocenters. The van der Waals surface area contributed by atoms with Crippen LogP contribution >= 0.6 is 0 Å². The van der Waals surface area contributed by atoms with Gasteiger partial charge in [0, 0.05) is 18.7 Å². The molecule has 2 aromatic rings. The van der Waals surface area contributed by atoms with Gasteiger partial charge in [-0.3, -0.25) is 0 Å². The average Bonchev–Trinajstić information content (AvgIpc) is 2.88. The topological polar surface area (TPSA) is 29.9 Å². The molecule has 0 aliphatic heterocycles. The van der Waals surface area contributed by atoms with Crippen molar-refractivity contribution in [1.29, 1.82) is 0 Å². The maximum absolute atomic E-state index is 12.4. The van der Waals surface area contributed by atoms with Crippen LogP contribution in [0, 0.1) is 0 Å². The second-order valence-electron chi connectivity index (χ2n) is 4.50. The monoisotopic (exact) mass is 283 g/mol. The number of rotatable bonds is 5. The number of aromatic nitrogens is 2. The van der Waals surface area contributed by atoms with E-state index in [1.54, 1.807) is 24.0 Å². The summed E-state index contributed by atoms with van der Waals surface area (Å²) in [5.74, 6) is 0. The summed E-state index contributed by atoms with van der Waals surface area (Å²) in [4.78, 5) is 0. The highest BCUT2D eigenvalue weighted by Crippen LogP contribution is 2.28. The third kappa shape index (κ3) is 3.60. The Bertz CT molecular complexity index is 534. The van der Waals surface area contributed by atoms with Gasteiger partial charge < -0.3 is 5.32 Å². The molecular formula is C14H16F3N3. The molecule has 1 aromatic carbocycles. The first-order valence-electron chi connectivity index (χ1n) is 6.34. The first kappa shape index (κ1) is 14.6. The summed E-state index contributed by atoms with van der Waals surface area (Å²) in [6.07, 6.45) is -3.38. The molecule has 20 heavy (non-hydrogen) atoms. The van der Waals surface area contributed by atoms with Gasteiger partial charge in [-0.1, -0.05) is 18.2 Å². The van der Waals surface area contributed by atoms with Gasteiger partial charge in [0.25, 0.3) is 0 Å². The van der Waals surface area contributed by atoms with Crippen molar-refractivity contribution in [2.45, 2.75) is 25.1 Å². The smallest absolute Gasteiger partial charge is 0.312 e. The molecule has 6 heteroatoms. The van der Waals surface area contributed by atoms with Crippen molar-refractivity contribution in [3.05, 3.63) is 48.3 Å². The van der Waals surface area contributed by atoms with E-state index in [1.165, 1.54) is 0 Å². The molecule has 0 amide bonds. The summed E-state index contributed by atoms with van der Waals surface area (Å²) in [6, 6.07) is 10.7. The Hall–Kier alpha value is -1.82. The second-order valence-corrected chi connectivity index (χ2v) is 4.50. The molecule has 0 radical (unpaired) electrons. The molecule has 0 bridgehead atoms. The fraction of sp³-hybridized carbons (Fsp3) is 0.357. The van der Waals surface area contributed by atoms with Crippen LogP contribution in [0.15, 0.2) is 42.6 Å². The largest absolute Gasteiger partial charge is 0.389 e. The number of hydrogen-bond acceptors (Lipinski definition) is 2. The highest BCUT2D eigenvalue weighted by molar-refractivity contribution is 5.33. The number of para-hydroxylation sites is 1. The Morgan fingerprint density at radius 1 is 1.20 bits per heavy atom. The number of nitrogens with zero attached hydrogens (tertiary/aromatic N) is 2. The third-order valence-corrected chi connectivity index (χ3v) is 3.09. The summed E-state index contributed by atoms with van der Waals surface area (Å²) >= 11 is 0. The predicted molar refractivity (Wildman–Crippen MR) is 70.7 cm³/mol. The van der Waals surface area contributed by atoms with Gasteiger partial charge in [-0.15, -0.1) is 0 Å². The number of halogens is 3. The summed E-state index contributed by atoms with van der Waals surface area (Å²) in [7, 11) is 1.66. The zero-order valence-electron chi connectivity index (χ0n) is 11.1. The highest BCUT2D eigenvalue weighted by atomic mass is 19.4. The average molecular weight is 283 g/mol. The first-order valence-corrected chi connectivity index (χ1v) is 6.34. The molecule has 0 saturated heterocycles. The maximum Gasteiger partial charge on any atom is 0.389 e. The molecule has 0 aliphatic rings. The van der Waals surface area contributed by atoms with E-state index in [-0.39, 0.29) is 12.5 Å². The van der Waals surface area contributed by atoms with Gasteiger partial charge in [0.15, 0.2) is 0 Å². The van der Waals surface area contributed by atoms with Crippen molar-refractivity contribution >= 4 is 0 Å². The Morgan fingerprint density at radius 3 is 2.50 bits per heavy atom. The highest BCUT2D eigenvalue weighted by Gasteiger charge is 2.29. The molecule has 1 heterocycles. The standard InChI is InChI=1S/C14H16F3N3/c1-18-12(7-9-14(15,16)17)13-8-10-19-20(13)11-5-3-2-4-6-11/h2-6,8,10,12,18H,7,9H2,1H3. The van der Waals surface area contributed by atoms with Gasteiger partial charge in [-0.05, 0) is 31.7 Å². The fourth-order valence-corrected chi connectivity index (χ4v) is 2.11. The van der Waals surface area contributed by atoms with Crippen LogP contribution in [-0.2, 0) is 0 Å². The van der Waals surface area contributed by atoms with Gasteiger partial charge in [0.2, 0.25) is 0 Å². The fourth-order valence-electron chi connectivity index (χ4n) is 2.11. The van der Waals surface area contributed by atoms with Crippen LogP contribution in [0.3, 0.4) is 0 Å². The lowest BCUT2D eigenvalue weighted by Crippen LogP contribution is -2.22. The van der Waals surface area contributed by atoms with E-state index in [0.717, 1.165) is 11.4 Å². The van der Waals surface area contributed by atoms with Crippen LogP contribution in [0.4, 0.5) is 13.2 Å². The van der Waals surface area contributed by atoms with E-state index in [2.05, 4.69) is 10.4 Å². The van der Waals surface area contributed by atoms with Gasteiger partial charge in [-0.2, -0.15) is 18.3 Å². The lowest BCUT2D eigenvalue weighted by Gasteiger charge is -2.18. The van der Waals surface area contributed by atoms with Crippen molar-refractivity contribution in [3.8, 4) is 5.69 Å². The van der Waals surface area contributed by atoms with Gasteiger partial charge in [-0.25, -0.2) is 4.68 Å². The van der Waals surface area contributed by atoms with Crippen LogP contribution in [0.25, 0.3) is 5.69 Å². The Labute approximate surface area is 115 Å². The number of benzene rings is 1. The third-order valence-electron chi connectivity index (χ3n) is 3.09. The zero-order valence-corrected chi connectivity index (χ0v) is 11.1. The zero-order chi connectivity index (χ0) is 14.6. The minimum Gasteiger partial charge on any atom is -0.312 e. The maximum atomic E-state index is 12.4. The van der Waals surface area contributed by atoms with E-state index >= 15 is 0 Å². The Kier molecular flexibility index (Phi) is 4.44. The summed E-state index contributed by atoms with van der Waals surface area (Å²) in [6.45, 7) is 0. The van der Waals surface area contributed by atoms with Crippen LogP contribution in [0.1, 0.15) is 24.6 Å². The van der Waals surface area contributed by atoms with Crippen molar-refractivity contribution in [3.63, 3.8) is 0 Å². The second kappa shape index (κ2) is 6.09. The van der Waals surface area contributed by atoms with Crippen LogP contribution < -0.4 is 5.32 Å². The Balaban J connectivity index is 2.21. The van der Waals surface area contributed by atoms with E-state index in [9.17, 15) is 13.2 Å². The van der Waals surface area contributed by atoms with Crippen LogP contribution in [-0.4, -0.2) is 23.0 Å². The molecular weight excluding hydrogens is 267 g/mol. The Morgan fingerprint density at radius 2 is 1.90 bits per heavy atom. The number of alkyl halides is 3. The van der Waals surface area contributed by atoms with Gasteiger partial charge >= 0.3 is 6.18 Å². The van der Waals surface area contributed by atoms with Gasteiger partial charge in [0.05, 0.1) is 11.4 Å². The van der Waals surface area contributed by atoms with E-state index in [1.807, 2.05) is 30.3 Å². The predicted octanol–water partition coefficient (Wildman–Crippen LogP) is 3.48. The van der Waals surface area contributed by atoms with Gasteiger partial charge in [0.1, 0.15) is 0 Å². The van der Waals surface area contributed by atoms with E-state index in [0.29, 0.717) is 0 Å². The number of hydrogen-bond donors (Lipinski definition) is 1. The summed E-state index contributed by atoms with van der Waals surface area (Å²) in [5.41, 5.74) is 1.56. The van der Waals surface area contributed by atoms with Crippen LogP contribution in [0.2, 0.25) is 0 Å². The minimum absolute atomic E-state index is 0.0154. The quantitative estimate of drug-likeness (QED) is 0.910. The first-order chi connectivity index (χ1) is 9.51. The normalized spacial score (nSPS) is 13.4. The summed E-state index contributed by atoms with van der Waals surface area (Å²) in [5, 5.41) is 7.12. The summed E-state index contributed by atoms with van der Waals surface area (Å²) < 4.78 is 38.8.